The number of amides is 1. The van der Waals surface area contributed by atoms with Crippen LogP contribution >= 0.6 is 0 Å². The molecule has 2 atom stereocenters. The van der Waals surface area contributed by atoms with Crippen molar-refractivity contribution in [3.05, 3.63) is 41.5 Å². The Bertz CT molecular complexity index is 955. The van der Waals surface area contributed by atoms with Gasteiger partial charge >= 0.3 is 12.1 Å². The summed E-state index contributed by atoms with van der Waals surface area (Å²) in [6, 6.07) is 3.48. The molecule has 32 heavy (non-hydrogen) atoms. The third kappa shape index (κ3) is 5.85. The van der Waals surface area contributed by atoms with Crippen molar-refractivity contribution in [2.24, 2.45) is 0 Å². The van der Waals surface area contributed by atoms with Crippen LogP contribution in [0.25, 0.3) is 5.57 Å². The molecular formula is C22H23F4N3O3. The first-order chi connectivity index (χ1) is 14.8. The summed E-state index contributed by atoms with van der Waals surface area (Å²) in [7, 11) is 0. The fourth-order valence-electron chi connectivity index (χ4n) is 3.44. The van der Waals surface area contributed by atoms with Crippen LogP contribution in [0, 0.1) is 11.3 Å². The lowest BCUT2D eigenvalue weighted by molar-refractivity contribution is -0.161. The lowest BCUT2D eigenvalue weighted by atomic mass is 9.96. The number of cyclic esters (lactones) is 1. The molecule has 0 bridgehead atoms. The SMILES string of the molecule is CC(C)(F)C[C@H](N[C@@H](c1ccc(C2=CC(=O)OC2)cc1)C(F)(F)F)C(=O)NC1(C#N)CC1. The monoisotopic (exact) mass is 453 g/mol. The highest BCUT2D eigenvalue weighted by Crippen LogP contribution is 2.37. The van der Waals surface area contributed by atoms with Crippen molar-refractivity contribution in [3.63, 3.8) is 0 Å². The van der Waals surface area contributed by atoms with Gasteiger partial charge in [-0.2, -0.15) is 18.4 Å². The van der Waals surface area contributed by atoms with Gasteiger partial charge in [0.25, 0.3) is 0 Å². The molecule has 6 nitrogen and oxygen atoms in total. The zero-order valence-electron chi connectivity index (χ0n) is 17.6. The molecule has 1 saturated carbocycles. The van der Waals surface area contributed by atoms with E-state index >= 15 is 0 Å². The molecule has 1 aromatic rings. The van der Waals surface area contributed by atoms with Crippen molar-refractivity contribution >= 4 is 17.4 Å². The molecule has 2 aliphatic rings. The Morgan fingerprint density at radius 3 is 2.28 bits per heavy atom. The van der Waals surface area contributed by atoms with Gasteiger partial charge in [0, 0.05) is 18.1 Å². The van der Waals surface area contributed by atoms with Crippen LogP contribution in [0.5, 0.6) is 0 Å². The van der Waals surface area contributed by atoms with Gasteiger partial charge in [-0.3, -0.25) is 10.1 Å². The number of alkyl halides is 4. The molecule has 1 aliphatic heterocycles. The van der Waals surface area contributed by atoms with Gasteiger partial charge in [-0.1, -0.05) is 24.3 Å². The minimum atomic E-state index is -4.78. The van der Waals surface area contributed by atoms with Crippen LogP contribution in [0.4, 0.5) is 17.6 Å². The van der Waals surface area contributed by atoms with Crippen LogP contribution in [0.2, 0.25) is 0 Å². The molecule has 2 N–H and O–H groups in total. The molecule has 1 fully saturated rings. The smallest absolute Gasteiger partial charge is 0.407 e. The van der Waals surface area contributed by atoms with E-state index in [9.17, 15) is 27.2 Å². The Hall–Kier alpha value is -2.93. The summed E-state index contributed by atoms with van der Waals surface area (Å²) in [5, 5.41) is 13.9. The molecule has 0 saturated heterocycles. The van der Waals surface area contributed by atoms with Crippen LogP contribution in [-0.4, -0.2) is 41.9 Å². The maximum absolute atomic E-state index is 14.3. The second-order valence-corrected chi connectivity index (χ2v) is 8.70. The second-order valence-electron chi connectivity index (χ2n) is 8.70. The first-order valence-corrected chi connectivity index (χ1v) is 10.0. The number of halogens is 4. The number of nitriles is 1. The molecule has 0 aromatic heterocycles. The fourth-order valence-corrected chi connectivity index (χ4v) is 3.44. The van der Waals surface area contributed by atoms with Crippen LogP contribution in [0.1, 0.15) is 50.3 Å². The Kier molecular flexibility index (Phi) is 6.33. The third-order valence-electron chi connectivity index (χ3n) is 5.30. The molecule has 1 heterocycles. The summed E-state index contributed by atoms with van der Waals surface area (Å²) >= 11 is 0. The summed E-state index contributed by atoms with van der Waals surface area (Å²) in [5.41, 5.74) is -2.13. The number of nitrogens with zero attached hydrogens (tertiary/aromatic N) is 1. The summed E-state index contributed by atoms with van der Waals surface area (Å²) in [6.07, 6.45) is -3.24. The van der Waals surface area contributed by atoms with Crippen LogP contribution < -0.4 is 10.6 Å². The average Bonchev–Trinajstić information content (AvgIpc) is 3.33. The number of nitrogens with one attached hydrogen (secondary N) is 2. The highest BCUT2D eigenvalue weighted by Gasteiger charge is 2.48. The zero-order valence-corrected chi connectivity index (χ0v) is 17.6. The highest BCUT2D eigenvalue weighted by molar-refractivity contribution is 5.95. The minimum Gasteiger partial charge on any atom is -0.458 e. The van der Waals surface area contributed by atoms with E-state index in [1.807, 2.05) is 6.07 Å². The number of carbonyl (C=O) groups excluding carboxylic acids is 2. The van der Waals surface area contributed by atoms with Crippen LogP contribution in [0.3, 0.4) is 0 Å². The van der Waals surface area contributed by atoms with Gasteiger partial charge in [0.2, 0.25) is 5.91 Å². The van der Waals surface area contributed by atoms with Gasteiger partial charge in [-0.25, -0.2) is 9.18 Å². The van der Waals surface area contributed by atoms with Crippen molar-refractivity contribution in [3.8, 4) is 6.07 Å². The van der Waals surface area contributed by atoms with Crippen molar-refractivity contribution < 1.29 is 31.9 Å². The Morgan fingerprint density at radius 1 is 1.22 bits per heavy atom. The van der Waals surface area contributed by atoms with E-state index in [2.05, 4.69) is 10.6 Å². The predicted octanol–water partition coefficient (Wildman–Crippen LogP) is 3.50. The standard InChI is InChI=1S/C22H23F4N3O3/c1-20(2,23)10-16(19(31)29-21(12-27)7-8-21)28-18(22(24,25)26)14-5-3-13(4-6-14)15-9-17(30)32-11-15/h3-6,9,16,18,28H,7-8,10-11H2,1-2H3,(H,29,31)/t16-,18-/m0/s1. The van der Waals surface area contributed by atoms with Crippen LogP contribution in [-0.2, 0) is 14.3 Å². The van der Waals surface area contributed by atoms with Gasteiger partial charge in [-0.05, 0) is 37.8 Å². The largest absolute Gasteiger partial charge is 0.458 e. The number of esters is 1. The van der Waals surface area contributed by atoms with E-state index in [-0.39, 0.29) is 12.2 Å². The van der Waals surface area contributed by atoms with Crippen molar-refractivity contribution in [2.45, 2.75) is 62.6 Å². The van der Waals surface area contributed by atoms with E-state index in [1.54, 1.807) is 0 Å². The maximum Gasteiger partial charge on any atom is 0.407 e. The molecule has 3 rings (SSSR count). The van der Waals surface area contributed by atoms with Crippen LogP contribution in [0.15, 0.2) is 30.3 Å². The molecule has 0 spiro atoms. The first kappa shape index (κ1) is 23.7. The summed E-state index contributed by atoms with van der Waals surface area (Å²) in [5.74, 6) is -1.38. The maximum atomic E-state index is 14.3. The lowest BCUT2D eigenvalue weighted by Gasteiger charge is -2.30. The number of hydrogen-bond donors (Lipinski definition) is 2. The minimum absolute atomic E-state index is 0.0353. The second kappa shape index (κ2) is 8.54. The Balaban J connectivity index is 1.84. The van der Waals surface area contributed by atoms with Gasteiger partial charge in [-0.15, -0.1) is 0 Å². The lowest BCUT2D eigenvalue weighted by Crippen LogP contribution is -2.53. The average molecular weight is 453 g/mol. The third-order valence-corrected chi connectivity index (χ3v) is 5.30. The Labute approximate surface area is 182 Å². The number of carbonyl (C=O) groups is 2. The van der Waals surface area contributed by atoms with Crippen molar-refractivity contribution in [1.82, 2.24) is 10.6 Å². The normalized spacial score (nSPS) is 19.4. The van der Waals surface area contributed by atoms with Gasteiger partial charge in [0.1, 0.15) is 23.9 Å². The molecular weight excluding hydrogens is 430 g/mol. The first-order valence-electron chi connectivity index (χ1n) is 10.0. The number of rotatable bonds is 8. The molecule has 10 heteroatoms. The van der Waals surface area contributed by atoms with Gasteiger partial charge in [0.15, 0.2) is 0 Å². The number of hydrogen-bond acceptors (Lipinski definition) is 5. The van der Waals surface area contributed by atoms with E-state index in [0.29, 0.717) is 24.0 Å². The zero-order chi connectivity index (χ0) is 23.7. The molecule has 0 unspecified atom stereocenters. The molecule has 1 aliphatic carbocycles. The molecule has 172 valence electrons. The molecule has 1 aromatic carbocycles. The summed E-state index contributed by atoms with van der Waals surface area (Å²) < 4.78 is 60.9. The van der Waals surface area contributed by atoms with E-state index in [1.165, 1.54) is 44.2 Å². The molecule has 1 amide bonds. The number of ether oxygens (including phenoxy) is 1. The fraction of sp³-hybridized carbons (Fsp3) is 0.500. The topological polar surface area (TPSA) is 91.2 Å². The van der Waals surface area contributed by atoms with Gasteiger partial charge < -0.3 is 10.1 Å². The summed E-state index contributed by atoms with van der Waals surface area (Å²) in [4.78, 5) is 23.9. The van der Waals surface area contributed by atoms with E-state index in [0.717, 1.165) is 0 Å². The molecule has 0 radical (unpaired) electrons. The quantitative estimate of drug-likeness (QED) is 0.465. The highest BCUT2D eigenvalue weighted by atomic mass is 19.4. The summed E-state index contributed by atoms with van der Waals surface area (Å²) in [6.45, 7) is 2.37. The van der Waals surface area contributed by atoms with Crippen molar-refractivity contribution in [2.75, 3.05) is 6.61 Å². The van der Waals surface area contributed by atoms with E-state index < -0.39 is 47.8 Å². The number of benzene rings is 1. The Morgan fingerprint density at radius 2 is 1.84 bits per heavy atom. The van der Waals surface area contributed by atoms with E-state index in [4.69, 9.17) is 10.00 Å². The van der Waals surface area contributed by atoms with Gasteiger partial charge in [0.05, 0.1) is 12.1 Å². The van der Waals surface area contributed by atoms with Crippen molar-refractivity contribution in [1.29, 1.82) is 5.26 Å². The predicted molar refractivity (Wildman–Crippen MR) is 107 cm³/mol.